The molecular weight excluding hydrogens is 452 g/mol. The van der Waals surface area contributed by atoms with Crippen molar-refractivity contribution in [3.05, 3.63) is 71.8 Å². The van der Waals surface area contributed by atoms with Crippen molar-refractivity contribution in [1.29, 1.82) is 0 Å². The number of anilines is 2. The van der Waals surface area contributed by atoms with Gasteiger partial charge in [-0.3, -0.25) is 9.89 Å². The van der Waals surface area contributed by atoms with Crippen LogP contribution in [0.5, 0.6) is 5.75 Å². The molecule has 0 bridgehead atoms. The Labute approximate surface area is 201 Å². The molecule has 1 fully saturated rings. The predicted octanol–water partition coefficient (Wildman–Crippen LogP) is 4.52. The van der Waals surface area contributed by atoms with Crippen LogP contribution in [0.4, 0.5) is 20.3 Å². The number of aromatic amines is 1. The summed E-state index contributed by atoms with van der Waals surface area (Å²) in [6.07, 6.45) is 0. The Balaban J connectivity index is 1.36. The standard InChI is InChI=1S/C26H25F2N5O2/c1-32-10-12-33(13-11-32)17-7-9-19(21(27)15-17)26(34)29-25-20-8-6-16(14-22(20)30-31-25)18-4-3-5-23(35-2)24(18)28/h3-9,14-15H,10-13H2,1-2H3,(H2,29,30,31,34). The summed E-state index contributed by atoms with van der Waals surface area (Å²) in [7, 11) is 3.47. The van der Waals surface area contributed by atoms with E-state index in [9.17, 15) is 13.6 Å². The molecule has 35 heavy (non-hydrogen) atoms. The van der Waals surface area contributed by atoms with Crippen molar-refractivity contribution in [1.82, 2.24) is 15.1 Å². The number of amides is 1. The monoisotopic (exact) mass is 477 g/mol. The largest absolute Gasteiger partial charge is 0.494 e. The van der Waals surface area contributed by atoms with E-state index in [-0.39, 0.29) is 17.1 Å². The molecule has 0 saturated carbocycles. The highest BCUT2D eigenvalue weighted by Gasteiger charge is 2.19. The predicted molar refractivity (Wildman–Crippen MR) is 132 cm³/mol. The fraction of sp³-hybridized carbons (Fsp3) is 0.231. The van der Waals surface area contributed by atoms with Gasteiger partial charge in [-0.15, -0.1) is 0 Å². The van der Waals surface area contributed by atoms with Crippen molar-refractivity contribution in [3.63, 3.8) is 0 Å². The van der Waals surface area contributed by atoms with Crippen molar-refractivity contribution < 1.29 is 18.3 Å². The molecule has 2 N–H and O–H groups in total. The Morgan fingerprint density at radius 1 is 1.06 bits per heavy atom. The van der Waals surface area contributed by atoms with Gasteiger partial charge >= 0.3 is 0 Å². The summed E-state index contributed by atoms with van der Waals surface area (Å²) in [5, 5.41) is 10.3. The Morgan fingerprint density at radius 2 is 1.86 bits per heavy atom. The molecule has 3 aromatic carbocycles. The molecular formula is C26H25F2N5O2. The summed E-state index contributed by atoms with van der Waals surface area (Å²) in [5.74, 6) is -1.22. The maximum atomic E-state index is 14.8. The average molecular weight is 478 g/mol. The van der Waals surface area contributed by atoms with Crippen molar-refractivity contribution in [2.75, 3.05) is 50.6 Å². The van der Waals surface area contributed by atoms with Gasteiger partial charge in [0.1, 0.15) is 5.82 Å². The number of carbonyl (C=O) groups excluding carboxylic acids is 1. The zero-order chi connectivity index (χ0) is 24.5. The van der Waals surface area contributed by atoms with Crippen LogP contribution in [-0.2, 0) is 0 Å². The molecule has 9 heteroatoms. The molecule has 1 saturated heterocycles. The number of hydrogen-bond acceptors (Lipinski definition) is 5. The molecule has 0 aliphatic carbocycles. The molecule has 5 rings (SSSR count). The summed E-state index contributed by atoms with van der Waals surface area (Å²) >= 11 is 0. The number of rotatable bonds is 5. The van der Waals surface area contributed by atoms with E-state index >= 15 is 0 Å². The topological polar surface area (TPSA) is 73.5 Å². The molecule has 2 heterocycles. The fourth-order valence-electron chi connectivity index (χ4n) is 4.30. The Bertz CT molecular complexity index is 1400. The zero-order valence-electron chi connectivity index (χ0n) is 19.4. The maximum absolute atomic E-state index is 14.8. The van der Waals surface area contributed by atoms with E-state index in [2.05, 4.69) is 32.4 Å². The number of ether oxygens (including phenoxy) is 1. The number of methoxy groups -OCH3 is 1. The van der Waals surface area contributed by atoms with Crippen LogP contribution in [0.1, 0.15) is 10.4 Å². The third kappa shape index (κ3) is 4.42. The van der Waals surface area contributed by atoms with Gasteiger partial charge < -0.3 is 19.9 Å². The van der Waals surface area contributed by atoms with Gasteiger partial charge in [0.2, 0.25) is 0 Å². The second-order valence-corrected chi connectivity index (χ2v) is 8.56. The summed E-state index contributed by atoms with van der Waals surface area (Å²) in [6, 6.07) is 14.8. The second-order valence-electron chi connectivity index (χ2n) is 8.56. The molecule has 4 aromatic rings. The second kappa shape index (κ2) is 9.34. The van der Waals surface area contributed by atoms with E-state index in [0.29, 0.717) is 22.0 Å². The number of piperazine rings is 1. The fourth-order valence-corrected chi connectivity index (χ4v) is 4.30. The molecule has 0 atom stereocenters. The molecule has 1 aromatic heterocycles. The first kappa shape index (κ1) is 22.8. The number of fused-ring (bicyclic) bond motifs is 1. The lowest BCUT2D eigenvalue weighted by molar-refractivity contribution is 0.102. The highest BCUT2D eigenvalue weighted by atomic mass is 19.1. The number of aromatic nitrogens is 2. The number of nitrogens with one attached hydrogen (secondary N) is 2. The van der Waals surface area contributed by atoms with Crippen molar-refractivity contribution >= 4 is 28.3 Å². The molecule has 1 aliphatic rings. The van der Waals surface area contributed by atoms with Crippen LogP contribution in [0.25, 0.3) is 22.0 Å². The van der Waals surface area contributed by atoms with Gasteiger partial charge in [-0.25, -0.2) is 8.78 Å². The summed E-state index contributed by atoms with van der Waals surface area (Å²) < 4.78 is 34.6. The highest BCUT2D eigenvalue weighted by Crippen LogP contribution is 2.32. The molecule has 0 spiro atoms. The number of nitrogens with zero attached hydrogens (tertiary/aromatic N) is 3. The Morgan fingerprint density at radius 3 is 2.60 bits per heavy atom. The quantitative estimate of drug-likeness (QED) is 0.442. The van der Waals surface area contributed by atoms with Gasteiger partial charge in [0.15, 0.2) is 17.4 Å². The summed E-state index contributed by atoms with van der Waals surface area (Å²) in [6.45, 7) is 3.43. The lowest BCUT2D eigenvalue weighted by Gasteiger charge is -2.34. The minimum Gasteiger partial charge on any atom is -0.494 e. The zero-order valence-corrected chi connectivity index (χ0v) is 19.4. The number of H-pyrrole nitrogens is 1. The van der Waals surface area contributed by atoms with Gasteiger partial charge in [0.05, 0.1) is 18.2 Å². The Kier molecular flexibility index (Phi) is 6.08. The molecule has 0 unspecified atom stereocenters. The first-order chi connectivity index (χ1) is 16.9. The summed E-state index contributed by atoms with van der Waals surface area (Å²) in [4.78, 5) is 17.1. The van der Waals surface area contributed by atoms with Crippen LogP contribution < -0.4 is 15.0 Å². The highest BCUT2D eigenvalue weighted by molar-refractivity contribution is 6.08. The van der Waals surface area contributed by atoms with Crippen LogP contribution in [0, 0.1) is 11.6 Å². The molecule has 180 valence electrons. The first-order valence-electron chi connectivity index (χ1n) is 11.3. The Hall–Kier alpha value is -3.98. The first-order valence-corrected chi connectivity index (χ1v) is 11.3. The number of benzene rings is 3. The average Bonchev–Trinajstić information content (AvgIpc) is 3.26. The van der Waals surface area contributed by atoms with E-state index in [0.717, 1.165) is 31.9 Å². The van der Waals surface area contributed by atoms with Gasteiger partial charge in [-0.2, -0.15) is 5.10 Å². The van der Waals surface area contributed by atoms with Crippen LogP contribution in [-0.4, -0.2) is 61.3 Å². The molecule has 1 amide bonds. The number of halogens is 2. The van der Waals surface area contributed by atoms with Crippen LogP contribution >= 0.6 is 0 Å². The maximum Gasteiger partial charge on any atom is 0.259 e. The van der Waals surface area contributed by atoms with Crippen LogP contribution in [0.15, 0.2) is 54.6 Å². The van der Waals surface area contributed by atoms with E-state index in [1.807, 2.05) is 0 Å². The van der Waals surface area contributed by atoms with Crippen LogP contribution in [0.2, 0.25) is 0 Å². The van der Waals surface area contributed by atoms with Gasteiger partial charge in [-0.1, -0.05) is 18.2 Å². The van der Waals surface area contributed by atoms with E-state index in [1.165, 1.54) is 19.2 Å². The normalized spacial score (nSPS) is 14.3. The van der Waals surface area contributed by atoms with Crippen molar-refractivity contribution in [2.45, 2.75) is 0 Å². The number of hydrogen-bond donors (Lipinski definition) is 2. The summed E-state index contributed by atoms with van der Waals surface area (Å²) in [5.41, 5.74) is 2.31. The molecule has 1 aliphatic heterocycles. The van der Waals surface area contributed by atoms with E-state index < -0.39 is 17.5 Å². The van der Waals surface area contributed by atoms with Crippen molar-refractivity contribution in [3.8, 4) is 16.9 Å². The molecule has 0 radical (unpaired) electrons. The number of carbonyl (C=O) groups is 1. The van der Waals surface area contributed by atoms with Gasteiger partial charge in [0.25, 0.3) is 5.91 Å². The van der Waals surface area contributed by atoms with Gasteiger partial charge in [-0.05, 0) is 49.0 Å². The smallest absolute Gasteiger partial charge is 0.259 e. The van der Waals surface area contributed by atoms with Gasteiger partial charge in [0, 0.05) is 42.8 Å². The third-order valence-corrected chi connectivity index (χ3v) is 6.35. The molecule has 7 nitrogen and oxygen atoms in total. The van der Waals surface area contributed by atoms with Crippen molar-refractivity contribution in [2.24, 2.45) is 0 Å². The number of likely N-dealkylation sites (N-methyl/N-ethyl adjacent to an activating group) is 1. The minimum absolute atomic E-state index is 0.0610. The minimum atomic E-state index is -0.594. The third-order valence-electron chi connectivity index (χ3n) is 6.35. The lowest BCUT2D eigenvalue weighted by Crippen LogP contribution is -2.44. The van der Waals surface area contributed by atoms with E-state index in [4.69, 9.17) is 4.74 Å². The lowest BCUT2D eigenvalue weighted by atomic mass is 10.0. The van der Waals surface area contributed by atoms with Crippen LogP contribution in [0.3, 0.4) is 0 Å². The van der Waals surface area contributed by atoms with E-state index in [1.54, 1.807) is 42.5 Å². The SMILES string of the molecule is COc1cccc(-c2ccc3c(NC(=O)c4ccc(N5CCN(C)CC5)cc4F)n[nH]c3c2)c1F.